The van der Waals surface area contributed by atoms with E-state index in [2.05, 4.69) is 529 Å². The molecule has 12 aromatic carbocycles. The summed E-state index contributed by atoms with van der Waals surface area (Å²) in [5.74, 6) is 0. The van der Waals surface area contributed by atoms with Crippen LogP contribution in [0.15, 0.2) is 316 Å². The average Bonchev–Trinajstić information content (AvgIpc) is 1.68. The second-order valence-electron chi connectivity index (χ2n) is 35.9. The van der Waals surface area contributed by atoms with Crippen molar-refractivity contribution in [2.75, 3.05) is 0 Å². The predicted molar refractivity (Wildman–Crippen MR) is 573 cm³/mol. The number of nitrogens with zero attached hydrogens (tertiary/aromatic N) is 4. The third-order valence-corrected chi connectivity index (χ3v) is 24.5. The molecule has 0 fully saturated rings. The Kier molecular flexibility index (Phi) is 30.9. The summed E-state index contributed by atoms with van der Waals surface area (Å²) in [6.45, 7) is 42.3. The first-order valence-electron chi connectivity index (χ1n) is 45.7. The van der Waals surface area contributed by atoms with Crippen molar-refractivity contribution in [2.24, 2.45) is 28.2 Å². The molecule has 0 radical (unpaired) electrons. The molecule has 12 aromatic heterocycles. The second-order valence-corrected chi connectivity index (χ2v) is 35.9. The van der Waals surface area contributed by atoms with Gasteiger partial charge in [-0.25, -0.2) is 0 Å². The molecule has 0 aliphatic heterocycles. The van der Waals surface area contributed by atoms with Crippen molar-refractivity contribution in [1.29, 1.82) is 0 Å². The number of hydrogen-bond donors (Lipinski definition) is 8. The van der Waals surface area contributed by atoms with Crippen molar-refractivity contribution in [2.45, 2.75) is 138 Å². The van der Waals surface area contributed by atoms with E-state index in [1.165, 1.54) is 243 Å². The van der Waals surface area contributed by atoms with Crippen molar-refractivity contribution in [3.05, 3.63) is 428 Å². The molecule has 132 heavy (non-hydrogen) atoms. The van der Waals surface area contributed by atoms with Gasteiger partial charge in [0, 0.05) is 194 Å². The third kappa shape index (κ3) is 23.8. The number of hydrogen-bond acceptors (Lipinski definition) is 0. The molecule has 24 aromatic rings. The van der Waals surface area contributed by atoms with Crippen molar-refractivity contribution in [3.8, 4) is 0 Å². The zero-order valence-electron chi connectivity index (χ0n) is 81.8. The Morgan fingerprint density at radius 3 is 1.32 bits per heavy atom. The van der Waals surface area contributed by atoms with Gasteiger partial charge in [0.05, 0.1) is 5.52 Å². The van der Waals surface area contributed by atoms with Gasteiger partial charge < -0.3 is 58.1 Å². The van der Waals surface area contributed by atoms with Gasteiger partial charge in [-0.1, -0.05) is 162 Å². The Hall–Kier alpha value is -14.9. The Labute approximate surface area is 778 Å². The van der Waals surface area contributed by atoms with Gasteiger partial charge in [-0.2, -0.15) is 0 Å². The molecule has 12 heterocycles. The minimum absolute atomic E-state index is 1.23. The molecule has 12 nitrogen and oxygen atoms in total. The lowest BCUT2D eigenvalue weighted by atomic mass is 10.1. The average molecular weight is 1740 g/mol. The quantitative estimate of drug-likeness (QED) is 0.0731. The molecule has 0 unspecified atom stereocenters. The number of H-pyrrole nitrogens is 8. The van der Waals surface area contributed by atoms with Crippen LogP contribution in [0.5, 0.6) is 0 Å². The molecular formula is C120H132N12. The largest absolute Gasteiger partial charge is 0.361 e. The fourth-order valence-electron chi connectivity index (χ4n) is 17.2. The van der Waals surface area contributed by atoms with E-state index in [1.54, 1.807) is 0 Å². The van der Waals surface area contributed by atoms with Gasteiger partial charge in [-0.15, -0.1) is 0 Å². The van der Waals surface area contributed by atoms with Crippen molar-refractivity contribution in [1.82, 2.24) is 58.1 Å². The molecular weight excluding hydrogens is 1610 g/mol. The minimum Gasteiger partial charge on any atom is -0.361 e. The Bertz CT molecular complexity index is 7430. The monoisotopic (exact) mass is 1740 g/mol. The fraction of sp³-hybridized carbons (Fsp3) is 0.200. The van der Waals surface area contributed by atoms with Crippen LogP contribution in [0, 0.1) is 138 Å². The summed E-state index contributed by atoms with van der Waals surface area (Å²) in [4.78, 5) is 26.1. The van der Waals surface area contributed by atoms with E-state index in [1.807, 2.05) is 12.4 Å². The summed E-state index contributed by atoms with van der Waals surface area (Å²) in [6, 6.07) is 94.2. The summed E-state index contributed by atoms with van der Waals surface area (Å²) in [7, 11) is 8.29. The number of rotatable bonds is 0. The zero-order valence-corrected chi connectivity index (χ0v) is 81.8. The smallest absolute Gasteiger partial charge is 0.0507 e. The lowest BCUT2D eigenvalue weighted by Gasteiger charge is -1.98. The molecule has 24 rings (SSSR count). The maximum atomic E-state index is 3.33. The van der Waals surface area contributed by atoms with Crippen LogP contribution in [0.3, 0.4) is 0 Å². The van der Waals surface area contributed by atoms with Gasteiger partial charge in [0.1, 0.15) is 0 Å². The summed E-state index contributed by atoms with van der Waals surface area (Å²) in [5, 5.41) is 16.0. The molecule has 0 atom stereocenters. The minimum atomic E-state index is 1.23. The molecule has 0 aliphatic carbocycles. The maximum absolute atomic E-state index is 3.33. The lowest BCUT2D eigenvalue weighted by molar-refractivity contribution is 0.964. The number of aromatic nitrogens is 12. The first kappa shape index (κ1) is 94.7. The Balaban J connectivity index is 0.000000122. The highest BCUT2D eigenvalue weighted by Crippen LogP contribution is 2.28. The standard InChI is InChI=1S/12C10H11N/c1-7-3-4-10-9(5-7)8(2)6-11-10;1-7-3-4-10-9(5-7)6-8(2)11-10;1-7-3-4-9-8(2)6-11-10(9)5-7;1-7-3-4-9-6-8(2)11-10(9)5-7;1-8-3-4-10-9(7-8)5-6-11(10)2;1-8-3-4-9-5-6-11(2)10(9)7-8;1-8-4-3-5-10-9(8)6-7-11(10)2;1-8-4-3-5-9-6-7-11(2)10(8)9;1-7-4-3-5-10-9(7)6-8(2)11-10;1-7-4-3-5-9-10(7)8(2)6-11-9;1-7-4-3-5-9-8(2)6-11-10(7)9;1-7-4-3-5-9-6-8(2)11-10(7)9/h4*3-6,11H,1-2H3;4*3-7H,1-2H3;4*3-6,11H,1-2H3. The zero-order chi connectivity index (χ0) is 94.1. The van der Waals surface area contributed by atoms with Crippen molar-refractivity contribution >= 4 is 131 Å². The van der Waals surface area contributed by atoms with Crippen LogP contribution in [0.1, 0.15) is 112 Å². The lowest BCUT2D eigenvalue weighted by Crippen LogP contribution is -1.86. The van der Waals surface area contributed by atoms with Gasteiger partial charge >= 0.3 is 0 Å². The van der Waals surface area contributed by atoms with E-state index in [-0.39, 0.29) is 0 Å². The molecule has 672 valence electrons. The van der Waals surface area contributed by atoms with E-state index in [0.717, 1.165) is 0 Å². The van der Waals surface area contributed by atoms with E-state index in [0.29, 0.717) is 0 Å². The first-order valence-corrected chi connectivity index (χ1v) is 45.7. The molecule has 0 amide bonds. The van der Waals surface area contributed by atoms with Crippen molar-refractivity contribution in [3.63, 3.8) is 0 Å². The Morgan fingerprint density at radius 1 is 0.189 bits per heavy atom. The van der Waals surface area contributed by atoms with Crippen LogP contribution >= 0.6 is 0 Å². The molecule has 12 heteroatoms. The van der Waals surface area contributed by atoms with Gasteiger partial charge in [-0.05, 0) is 364 Å². The number of aromatic amines is 8. The molecule has 0 aliphatic rings. The number of benzene rings is 12. The van der Waals surface area contributed by atoms with Gasteiger partial charge in [0.2, 0.25) is 0 Å². The number of aryl methyl sites for hydroxylation is 24. The molecule has 0 spiro atoms. The van der Waals surface area contributed by atoms with Crippen molar-refractivity contribution < 1.29 is 0 Å². The van der Waals surface area contributed by atoms with Crippen LogP contribution in [0.2, 0.25) is 0 Å². The van der Waals surface area contributed by atoms with Crippen LogP contribution < -0.4 is 0 Å². The molecule has 0 bridgehead atoms. The van der Waals surface area contributed by atoms with Crippen LogP contribution in [-0.4, -0.2) is 58.1 Å². The molecule has 0 saturated heterocycles. The highest BCUT2D eigenvalue weighted by molar-refractivity contribution is 5.91. The Morgan fingerprint density at radius 2 is 0.629 bits per heavy atom. The van der Waals surface area contributed by atoms with Gasteiger partial charge in [0.15, 0.2) is 0 Å². The van der Waals surface area contributed by atoms with Crippen LogP contribution in [0.25, 0.3) is 131 Å². The summed E-state index contributed by atoms with van der Waals surface area (Å²) in [6.07, 6.45) is 16.6. The van der Waals surface area contributed by atoms with E-state index in [4.69, 9.17) is 0 Å². The van der Waals surface area contributed by atoms with Gasteiger partial charge in [-0.3, -0.25) is 0 Å². The fourth-order valence-corrected chi connectivity index (χ4v) is 17.2. The number of fused-ring (bicyclic) bond motifs is 12. The topological polar surface area (TPSA) is 146 Å². The SMILES string of the molecule is Cc1c[nH]c2c(C)cccc12.Cc1cc2c(C)cccc2[nH]1.Cc1cc2cccc(C)c2[nH]1.Cc1ccc2[nH]c(C)cc2c1.Cc1ccc2[nH]cc(C)c2c1.Cc1ccc2c(C)c[nH]c2c1.Cc1ccc2c(ccn2C)c1.Cc1ccc2cc(C)[nH]c2c1.Cc1ccc2ccn(C)c2c1.Cc1cccc2[nH]cc(C)c12.Cc1cccc2c1ccn2C.Cc1cccc2ccn(C)c12. The number of nitrogens with one attached hydrogen (secondary N) is 8. The summed E-state index contributed by atoms with van der Waals surface area (Å²) < 4.78 is 8.57. The second kappa shape index (κ2) is 43.0. The highest BCUT2D eigenvalue weighted by Gasteiger charge is 2.08. The third-order valence-electron chi connectivity index (χ3n) is 24.5. The predicted octanol–water partition coefficient (Wildman–Crippen LogP) is 32.2. The molecule has 8 N–H and O–H groups in total. The highest BCUT2D eigenvalue weighted by atomic mass is 14.9. The number of para-hydroxylation sites is 3. The van der Waals surface area contributed by atoms with E-state index >= 15 is 0 Å². The maximum Gasteiger partial charge on any atom is 0.0507 e. The summed E-state index contributed by atoms with van der Waals surface area (Å²) >= 11 is 0. The van der Waals surface area contributed by atoms with E-state index < -0.39 is 0 Å². The van der Waals surface area contributed by atoms with Crippen LogP contribution in [-0.2, 0) is 28.2 Å². The summed E-state index contributed by atoms with van der Waals surface area (Å²) in [5.41, 5.74) is 41.3. The normalized spacial score (nSPS) is 10.7. The van der Waals surface area contributed by atoms with Crippen LogP contribution in [0.4, 0.5) is 0 Å². The molecule has 0 saturated carbocycles. The van der Waals surface area contributed by atoms with E-state index in [9.17, 15) is 0 Å². The first-order chi connectivity index (χ1) is 63.3. The van der Waals surface area contributed by atoms with Gasteiger partial charge in [0.25, 0.3) is 0 Å².